The van der Waals surface area contributed by atoms with Crippen molar-refractivity contribution in [3.8, 4) is 5.75 Å². The van der Waals surface area contributed by atoms with Crippen LogP contribution < -0.4 is 15.8 Å². The van der Waals surface area contributed by atoms with Crippen LogP contribution >= 0.6 is 0 Å². The van der Waals surface area contributed by atoms with Gasteiger partial charge in [-0.3, -0.25) is 4.79 Å². The second kappa shape index (κ2) is 5.61. The summed E-state index contributed by atoms with van der Waals surface area (Å²) >= 11 is 0. The third-order valence-corrected chi connectivity index (χ3v) is 4.11. The van der Waals surface area contributed by atoms with Crippen LogP contribution in [0.15, 0.2) is 42.5 Å². The molecule has 0 spiro atoms. The van der Waals surface area contributed by atoms with Crippen molar-refractivity contribution in [2.75, 3.05) is 5.73 Å². The summed E-state index contributed by atoms with van der Waals surface area (Å²) in [5.41, 5.74) is 8.96. The predicted molar refractivity (Wildman–Crippen MR) is 91.6 cm³/mol. The summed E-state index contributed by atoms with van der Waals surface area (Å²) in [5.74, 6) is 0.700. The maximum Gasteiger partial charge on any atom is 0.251 e. The topological polar surface area (TPSA) is 64.3 Å². The molecule has 0 fully saturated rings. The van der Waals surface area contributed by atoms with Gasteiger partial charge in [-0.25, -0.2) is 0 Å². The number of carbonyl (C=O) groups is 1. The van der Waals surface area contributed by atoms with Crippen LogP contribution in [-0.2, 0) is 0 Å². The molecule has 2 aromatic rings. The van der Waals surface area contributed by atoms with Crippen LogP contribution in [0.4, 0.5) is 5.69 Å². The highest BCUT2D eigenvalue weighted by Crippen LogP contribution is 2.40. The molecule has 0 saturated carbocycles. The zero-order chi connectivity index (χ0) is 16.6. The first-order valence-corrected chi connectivity index (χ1v) is 7.80. The third kappa shape index (κ3) is 3.31. The van der Waals surface area contributed by atoms with E-state index in [0.29, 0.717) is 17.7 Å². The molecule has 0 aromatic heterocycles. The van der Waals surface area contributed by atoms with Gasteiger partial charge in [-0.2, -0.15) is 0 Å². The number of anilines is 1. The van der Waals surface area contributed by atoms with E-state index in [1.807, 2.05) is 63.2 Å². The molecule has 2 aromatic carbocycles. The van der Waals surface area contributed by atoms with Crippen LogP contribution in [0, 0.1) is 6.92 Å². The van der Waals surface area contributed by atoms with Gasteiger partial charge in [0.15, 0.2) is 0 Å². The van der Waals surface area contributed by atoms with Gasteiger partial charge in [-0.1, -0.05) is 17.7 Å². The fourth-order valence-corrected chi connectivity index (χ4v) is 2.95. The van der Waals surface area contributed by atoms with E-state index in [2.05, 4.69) is 5.32 Å². The number of ether oxygens (including phenoxy) is 1. The molecule has 120 valence electrons. The number of nitrogens with one attached hydrogen (secondary N) is 1. The number of benzene rings is 2. The number of aryl methyl sites for hydroxylation is 1. The molecule has 0 bridgehead atoms. The Balaban J connectivity index is 1.88. The van der Waals surface area contributed by atoms with Gasteiger partial charge in [0.25, 0.3) is 5.91 Å². The van der Waals surface area contributed by atoms with Crippen molar-refractivity contribution in [3.63, 3.8) is 0 Å². The van der Waals surface area contributed by atoms with Crippen molar-refractivity contribution in [2.24, 2.45) is 0 Å². The molecule has 23 heavy (non-hydrogen) atoms. The standard InChI is InChI=1S/C19H22N2O2/c1-12-4-6-13(7-5-12)18(22)21-16-11-19(2,3)23-17-9-8-14(20)10-15(16)17/h4-10,16H,11,20H2,1-3H3,(H,21,22). The normalized spacial score (nSPS) is 18.7. The Kier molecular flexibility index (Phi) is 3.76. The number of amides is 1. The summed E-state index contributed by atoms with van der Waals surface area (Å²) in [6, 6.07) is 13.0. The molecule has 4 nitrogen and oxygen atoms in total. The van der Waals surface area contributed by atoms with E-state index in [4.69, 9.17) is 10.5 Å². The summed E-state index contributed by atoms with van der Waals surface area (Å²) in [6.07, 6.45) is 0.695. The molecule has 1 aliphatic rings. The van der Waals surface area contributed by atoms with Crippen LogP contribution in [0.25, 0.3) is 0 Å². The Hall–Kier alpha value is -2.49. The molecular formula is C19H22N2O2. The summed E-state index contributed by atoms with van der Waals surface area (Å²) < 4.78 is 6.00. The van der Waals surface area contributed by atoms with Crippen molar-refractivity contribution < 1.29 is 9.53 Å². The molecule has 1 aliphatic heterocycles. The molecule has 0 saturated heterocycles. The lowest BCUT2D eigenvalue weighted by molar-refractivity contribution is 0.0620. The van der Waals surface area contributed by atoms with Gasteiger partial charge in [0.2, 0.25) is 0 Å². The van der Waals surface area contributed by atoms with Crippen molar-refractivity contribution in [1.29, 1.82) is 0 Å². The molecule has 3 N–H and O–H groups in total. The molecule has 4 heteroatoms. The van der Waals surface area contributed by atoms with E-state index in [1.165, 1.54) is 0 Å². The highest BCUT2D eigenvalue weighted by Gasteiger charge is 2.34. The van der Waals surface area contributed by atoms with Crippen molar-refractivity contribution in [2.45, 2.75) is 38.8 Å². The highest BCUT2D eigenvalue weighted by atomic mass is 16.5. The molecule has 0 radical (unpaired) electrons. The minimum Gasteiger partial charge on any atom is -0.487 e. The van der Waals surface area contributed by atoms with Crippen molar-refractivity contribution in [3.05, 3.63) is 59.2 Å². The maximum absolute atomic E-state index is 12.5. The Morgan fingerprint density at radius 3 is 2.61 bits per heavy atom. The number of nitrogen functional groups attached to an aromatic ring is 1. The zero-order valence-electron chi connectivity index (χ0n) is 13.7. The SMILES string of the molecule is Cc1ccc(C(=O)NC2CC(C)(C)Oc3ccc(N)cc32)cc1. The first-order valence-electron chi connectivity index (χ1n) is 7.80. The first-order chi connectivity index (χ1) is 10.8. The molecule has 1 unspecified atom stereocenters. The van der Waals surface area contributed by atoms with Crippen molar-refractivity contribution >= 4 is 11.6 Å². The molecular weight excluding hydrogens is 288 g/mol. The van der Waals surface area contributed by atoms with E-state index in [9.17, 15) is 4.79 Å². The first kappa shape index (κ1) is 15.4. The third-order valence-electron chi connectivity index (χ3n) is 4.11. The Labute approximate surface area is 136 Å². The summed E-state index contributed by atoms with van der Waals surface area (Å²) in [4.78, 5) is 12.5. The fourth-order valence-electron chi connectivity index (χ4n) is 2.95. The molecule has 3 rings (SSSR count). The van der Waals surface area contributed by atoms with Gasteiger partial charge in [-0.05, 0) is 51.1 Å². The molecule has 1 amide bonds. The number of hydrogen-bond donors (Lipinski definition) is 2. The molecule has 0 aliphatic carbocycles. The number of hydrogen-bond acceptors (Lipinski definition) is 3. The van der Waals surface area contributed by atoms with E-state index in [1.54, 1.807) is 0 Å². The summed E-state index contributed by atoms with van der Waals surface area (Å²) in [6.45, 7) is 6.05. The predicted octanol–water partition coefficient (Wildman–Crippen LogP) is 3.61. The van der Waals surface area contributed by atoms with E-state index in [0.717, 1.165) is 16.9 Å². The van der Waals surface area contributed by atoms with Gasteiger partial charge in [0.1, 0.15) is 11.4 Å². The van der Waals surface area contributed by atoms with E-state index >= 15 is 0 Å². The second-order valence-corrected chi connectivity index (χ2v) is 6.76. The number of fused-ring (bicyclic) bond motifs is 1. The van der Waals surface area contributed by atoms with E-state index < -0.39 is 0 Å². The maximum atomic E-state index is 12.5. The van der Waals surface area contributed by atoms with Crippen molar-refractivity contribution in [1.82, 2.24) is 5.32 Å². The fraction of sp³-hybridized carbons (Fsp3) is 0.316. The zero-order valence-corrected chi connectivity index (χ0v) is 13.7. The lowest BCUT2D eigenvalue weighted by Gasteiger charge is -2.38. The summed E-state index contributed by atoms with van der Waals surface area (Å²) in [5, 5.41) is 3.12. The van der Waals surface area contributed by atoms with E-state index in [-0.39, 0.29) is 17.6 Å². The highest BCUT2D eigenvalue weighted by molar-refractivity contribution is 5.94. The molecule has 1 atom stereocenters. The van der Waals surface area contributed by atoms with Gasteiger partial charge in [-0.15, -0.1) is 0 Å². The lowest BCUT2D eigenvalue weighted by Crippen LogP contribution is -2.41. The van der Waals surface area contributed by atoms with Gasteiger partial charge >= 0.3 is 0 Å². The Morgan fingerprint density at radius 1 is 1.22 bits per heavy atom. The van der Waals surface area contributed by atoms with Crippen LogP contribution in [-0.4, -0.2) is 11.5 Å². The van der Waals surface area contributed by atoms with Crippen LogP contribution in [0.1, 0.15) is 47.8 Å². The minimum absolute atomic E-state index is 0.0823. The Morgan fingerprint density at radius 2 is 1.91 bits per heavy atom. The average molecular weight is 310 g/mol. The number of rotatable bonds is 2. The second-order valence-electron chi connectivity index (χ2n) is 6.76. The average Bonchev–Trinajstić information content (AvgIpc) is 2.48. The largest absolute Gasteiger partial charge is 0.487 e. The van der Waals surface area contributed by atoms with Crippen LogP contribution in [0.2, 0.25) is 0 Å². The van der Waals surface area contributed by atoms with Gasteiger partial charge in [0.05, 0.1) is 6.04 Å². The van der Waals surface area contributed by atoms with Crippen LogP contribution in [0.3, 0.4) is 0 Å². The quantitative estimate of drug-likeness (QED) is 0.833. The smallest absolute Gasteiger partial charge is 0.251 e. The monoisotopic (exact) mass is 310 g/mol. The lowest BCUT2D eigenvalue weighted by atomic mass is 9.89. The number of carbonyl (C=O) groups excluding carboxylic acids is 1. The Bertz CT molecular complexity index is 736. The number of nitrogens with two attached hydrogens (primary N) is 1. The summed E-state index contributed by atoms with van der Waals surface area (Å²) in [7, 11) is 0. The van der Waals surface area contributed by atoms with Gasteiger partial charge < -0.3 is 15.8 Å². The minimum atomic E-state index is -0.339. The molecule has 1 heterocycles. The van der Waals surface area contributed by atoms with Gasteiger partial charge in [0, 0.05) is 23.2 Å². The van der Waals surface area contributed by atoms with Crippen LogP contribution in [0.5, 0.6) is 5.75 Å².